The van der Waals surface area contributed by atoms with Gasteiger partial charge >= 0.3 is 46.4 Å². The zero-order valence-electron chi connectivity index (χ0n) is 23.6. The van der Waals surface area contributed by atoms with Gasteiger partial charge in [-0.3, -0.25) is 14.4 Å². The second kappa shape index (κ2) is 33.5. The van der Waals surface area contributed by atoms with Crippen LogP contribution < -0.4 is 17.2 Å². The fourth-order valence-corrected chi connectivity index (χ4v) is 3.44. The normalized spacial score (nSPS) is 11.1. The molecule has 0 aromatic rings. The predicted octanol–water partition coefficient (Wildman–Crippen LogP) is 6.87. The molecule has 0 spiro atoms. The molecule has 0 aromatic heterocycles. The van der Waals surface area contributed by atoms with Crippen molar-refractivity contribution in [3.05, 3.63) is 22.5 Å². The molecule has 0 bridgehead atoms. The Morgan fingerprint density at radius 2 is 0.917 bits per heavy atom. The van der Waals surface area contributed by atoms with Gasteiger partial charge in [-0.15, -0.1) is 0 Å². The zero-order valence-corrected chi connectivity index (χ0v) is 25.0. The summed E-state index contributed by atoms with van der Waals surface area (Å²) in [5, 5.41) is 0. The van der Waals surface area contributed by atoms with E-state index >= 15 is 0 Å². The molecule has 0 unspecified atom stereocenters. The molecule has 0 aliphatic heterocycles. The van der Waals surface area contributed by atoms with E-state index < -0.39 is 0 Å². The first-order chi connectivity index (χ1) is 17.2. The third kappa shape index (κ3) is 45.9. The van der Waals surface area contributed by atoms with E-state index in [0.29, 0.717) is 19.3 Å². The Bertz CT molecular complexity index is 521. The van der Waals surface area contributed by atoms with Crippen molar-refractivity contribution in [1.29, 1.82) is 0 Å². The zero-order chi connectivity index (χ0) is 27.9. The maximum absolute atomic E-state index is 10.3. The van der Waals surface area contributed by atoms with E-state index in [1.165, 1.54) is 62.1 Å². The summed E-state index contributed by atoms with van der Waals surface area (Å²) in [6, 6.07) is 0. The quantitative estimate of drug-likeness (QED) is 0.162. The van der Waals surface area contributed by atoms with E-state index in [2.05, 4.69) is 56.4 Å². The maximum atomic E-state index is 10.3. The van der Waals surface area contributed by atoms with Gasteiger partial charge in [-0.05, 0) is 19.3 Å². The second-order valence-electron chi connectivity index (χ2n) is 9.18. The van der Waals surface area contributed by atoms with Crippen molar-refractivity contribution in [2.45, 2.75) is 143 Å². The summed E-state index contributed by atoms with van der Waals surface area (Å²) in [4.78, 5) is 30.8. The van der Waals surface area contributed by atoms with Gasteiger partial charge < -0.3 is 17.2 Å². The molecule has 0 saturated carbocycles. The fraction of sp³-hybridized carbons (Fsp3) is 0.759. The molecular formula is C29H56N3O3V. The van der Waals surface area contributed by atoms with Crippen LogP contribution in [0.25, 0.3) is 0 Å². The molecular weight excluding hydrogens is 489 g/mol. The summed E-state index contributed by atoms with van der Waals surface area (Å²) >= 11 is 2.54. The van der Waals surface area contributed by atoms with Crippen LogP contribution in [-0.2, 0) is 31.8 Å². The van der Waals surface area contributed by atoms with Crippen molar-refractivity contribution in [2.75, 3.05) is 0 Å². The number of amides is 3. The molecule has 1 aliphatic carbocycles. The molecule has 0 aromatic carbocycles. The average molecular weight is 546 g/mol. The Morgan fingerprint density at radius 1 is 0.611 bits per heavy atom. The van der Waals surface area contributed by atoms with Gasteiger partial charge in [0.25, 0.3) is 0 Å². The molecule has 0 radical (unpaired) electrons. The van der Waals surface area contributed by atoms with Crippen LogP contribution in [0.15, 0.2) is 22.5 Å². The molecule has 210 valence electrons. The van der Waals surface area contributed by atoms with E-state index in [1.807, 2.05) is 0 Å². The Kier molecular flexibility index (Phi) is 36.3. The molecule has 36 heavy (non-hydrogen) atoms. The number of rotatable bonds is 18. The van der Waals surface area contributed by atoms with Crippen molar-refractivity contribution in [2.24, 2.45) is 17.2 Å². The fourth-order valence-electron chi connectivity index (χ4n) is 3.14. The van der Waals surface area contributed by atoms with Gasteiger partial charge in [-0.1, -0.05) is 97.8 Å². The Balaban J connectivity index is -0.000000409. The monoisotopic (exact) mass is 545 g/mol. The third-order valence-corrected chi connectivity index (χ3v) is 5.85. The van der Waals surface area contributed by atoms with Crippen LogP contribution in [0.2, 0.25) is 0 Å². The number of carbonyl (C=O) groups excluding carboxylic acids is 3. The van der Waals surface area contributed by atoms with Gasteiger partial charge in [0.2, 0.25) is 17.7 Å². The van der Waals surface area contributed by atoms with Crippen LogP contribution in [-0.4, -0.2) is 17.7 Å². The molecule has 6 N–H and O–H groups in total. The molecule has 0 atom stereocenters. The average Bonchev–Trinajstić information content (AvgIpc) is 3.30. The van der Waals surface area contributed by atoms with Crippen LogP contribution in [0.3, 0.4) is 0 Å². The van der Waals surface area contributed by atoms with E-state index in [0.717, 1.165) is 44.9 Å². The molecule has 3 amide bonds. The molecule has 0 fully saturated rings. The van der Waals surface area contributed by atoms with Crippen LogP contribution in [0.1, 0.15) is 143 Å². The van der Waals surface area contributed by atoms with Crippen molar-refractivity contribution in [3.8, 4) is 0 Å². The Morgan fingerprint density at radius 3 is 1.08 bits per heavy atom. The topological polar surface area (TPSA) is 129 Å². The first kappa shape index (κ1) is 39.0. The number of hydrogen-bond acceptors (Lipinski definition) is 3. The SMILES string of the molecule is CCCCCCCC(N)=O.CCCCCCCC(N)=O.CCCCCCCC(N)=O.[V][C]1=CC=CC1. The van der Waals surface area contributed by atoms with Crippen molar-refractivity contribution < 1.29 is 31.8 Å². The number of unbranched alkanes of at least 4 members (excludes halogenated alkanes) is 12. The first-order valence-electron chi connectivity index (χ1n) is 14.1. The van der Waals surface area contributed by atoms with Crippen molar-refractivity contribution >= 4 is 17.7 Å². The number of primary amides is 3. The summed E-state index contributed by atoms with van der Waals surface area (Å²) in [5.74, 6) is -0.510. The van der Waals surface area contributed by atoms with Gasteiger partial charge in [0.05, 0.1) is 0 Å². The number of allylic oxidation sites excluding steroid dienone is 4. The summed E-state index contributed by atoms with van der Waals surface area (Å²) in [6.45, 7) is 6.52. The van der Waals surface area contributed by atoms with Crippen molar-refractivity contribution in [1.82, 2.24) is 0 Å². The van der Waals surface area contributed by atoms with Gasteiger partial charge in [0.15, 0.2) is 0 Å². The second-order valence-corrected chi connectivity index (χ2v) is 10.1. The Labute approximate surface area is 231 Å². The molecule has 0 saturated heterocycles. The summed E-state index contributed by atoms with van der Waals surface area (Å²) in [6.07, 6.45) is 26.8. The van der Waals surface area contributed by atoms with Crippen LogP contribution in [0.5, 0.6) is 0 Å². The molecule has 1 aliphatic rings. The first-order valence-corrected chi connectivity index (χ1v) is 14.8. The standard InChI is InChI=1S/3C8H17NO.C5H5.V/c3*1-2-3-4-5-6-7-8(9)10;1-2-4-5-3-1;/h3*2-7H2,1H3,(H2,9,10);1-3H,4H2;. The molecule has 7 heteroatoms. The van der Waals surface area contributed by atoms with Gasteiger partial charge in [0, 0.05) is 19.3 Å². The molecule has 0 heterocycles. The summed E-state index contributed by atoms with van der Waals surface area (Å²) in [7, 11) is 0. The number of nitrogens with two attached hydrogens (primary N) is 3. The number of carbonyl (C=O) groups is 3. The minimum absolute atomic E-state index is 0.170. The van der Waals surface area contributed by atoms with E-state index in [9.17, 15) is 14.4 Å². The van der Waals surface area contributed by atoms with Crippen LogP contribution in [0, 0.1) is 0 Å². The van der Waals surface area contributed by atoms with Gasteiger partial charge in [0.1, 0.15) is 0 Å². The van der Waals surface area contributed by atoms with E-state index in [1.54, 1.807) is 0 Å². The predicted molar refractivity (Wildman–Crippen MR) is 150 cm³/mol. The third-order valence-electron chi connectivity index (χ3n) is 5.33. The van der Waals surface area contributed by atoms with Crippen LogP contribution >= 0.6 is 0 Å². The number of hydrogen-bond donors (Lipinski definition) is 3. The molecule has 1 rings (SSSR count). The summed E-state index contributed by atoms with van der Waals surface area (Å²) < 4.78 is 1.41. The van der Waals surface area contributed by atoms with Gasteiger partial charge in [-0.2, -0.15) is 0 Å². The van der Waals surface area contributed by atoms with Crippen molar-refractivity contribution in [3.63, 3.8) is 0 Å². The van der Waals surface area contributed by atoms with Gasteiger partial charge in [-0.25, -0.2) is 0 Å². The summed E-state index contributed by atoms with van der Waals surface area (Å²) in [5.41, 5.74) is 14.9. The van der Waals surface area contributed by atoms with Crippen LogP contribution in [0.4, 0.5) is 0 Å². The van der Waals surface area contributed by atoms with E-state index in [-0.39, 0.29) is 17.7 Å². The Hall–Kier alpha value is -1.53. The minimum atomic E-state index is -0.170. The van der Waals surface area contributed by atoms with E-state index in [4.69, 9.17) is 17.2 Å². The molecule has 6 nitrogen and oxygen atoms in total.